The van der Waals surface area contributed by atoms with E-state index in [2.05, 4.69) is 15.1 Å². The van der Waals surface area contributed by atoms with Gasteiger partial charge in [0, 0.05) is 31.4 Å². The molecule has 0 spiro atoms. The van der Waals surface area contributed by atoms with Crippen LogP contribution in [0.3, 0.4) is 0 Å². The van der Waals surface area contributed by atoms with Crippen LogP contribution >= 0.6 is 0 Å². The van der Waals surface area contributed by atoms with E-state index in [1.165, 1.54) is 35.0 Å². The average Bonchev–Trinajstić information content (AvgIpc) is 3.06. The zero-order valence-electron chi connectivity index (χ0n) is 14.6. The zero-order valence-corrected chi connectivity index (χ0v) is 15.4. The van der Waals surface area contributed by atoms with Crippen molar-refractivity contribution in [2.24, 2.45) is 7.05 Å². The van der Waals surface area contributed by atoms with Gasteiger partial charge in [0.25, 0.3) is 21.6 Å². The molecule has 28 heavy (non-hydrogen) atoms. The lowest BCUT2D eigenvalue weighted by Gasteiger charge is -2.12. The molecule has 3 rings (SSSR count). The summed E-state index contributed by atoms with van der Waals surface area (Å²) in [5.41, 5.74) is -0.256. The highest BCUT2D eigenvalue weighted by molar-refractivity contribution is 7.92. The van der Waals surface area contributed by atoms with E-state index in [4.69, 9.17) is 0 Å². The third-order valence-electron chi connectivity index (χ3n) is 3.71. The van der Waals surface area contributed by atoms with E-state index in [-0.39, 0.29) is 21.8 Å². The SMILES string of the molecule is Cn1ccc(NC(=O)c2ccccc2NS(=O)(=O)c2cccc([N+](=O)[O-])c2)n1. The van der Waals surface area contributed by atoms with Gasteiger partial charge in [0.05, 0.1) is 21.1 Å². The van der Waals surface area contributed by atoms with Crippen LogP contribution in [0.5, 0.6) is 0 Å². The van der Waals surface area contributed by atoms with Crippen molar-refractivity contribution in [2.75, 3.05) is 10.0 Å². The highest BCUT2D eigenvalue weighted by Crippen LogP contribution is 2.23. The van der Waals surface area contributed by atoms with Gasteiger partial charge in [0.2, 0.25) is 0 Å². The van der Waals surface area contributed by atoms with Gasteiger partial charge in [-0.1, -0.05) is 18.2 Å². The van der Waals surface area contributed by atoms with Gasteiger partial charge in [-0.05, 0) is 18.2 Å². The summed E-state index contributed by atoms with van der Waals surface area (Å²) in [5, 5.41) is 17.5. The number of nitro groups is 1. The van der Waals surface area contributed by atoms with Crippen LogP contribution < -0.4 is 10.0 Å². The van der Waals surface area contributed by atoms with Crippen molar-refractivity contribution in [2.45, 2.75) is 4.90 Å². The third-order valence-corrected chi connectivity index (χ3v) is 5.07. The number of hydrogen-bond acceptors (Lipinski definition) is 6. The highest BCUT2D eigenvalue weighted by Gasteiger charge is 2.21. The first-order valence-electron chi connectivity index (χ1n) is 7.93. The lowest BCUT2D eigenvalue weighted by molar-refractivity contribution is -0.385. The van der Waals surface area contributed by atoms with Gasteiger partial charge in [-0.3, -0.25) is 24.3 Å². The molecule has 1 aromatic heterocycles. The van der Waals surface area contributed by atoms with E-state index >= 15 is 0 Å². The number of amides is 1. The molecular weight excluding hydrogens is 386 g/mol. The van der Waals surface area contributed by atoms with Crippen molar-refractivity contribution in [3.05, 3.63) is 76.5 Å². The third kappa shape index (κ3) is 4.15. The Morgan fingerprint density at radius 1 is 1.14 bits per heavy atom. The number of nitrogens with zero attached hydrogens (tertiary/aromatic N) is 3. The molecule has 0 bridgehead atoms. The number of carbonyl (C=O) groups excluding carboxylic acids is 1. The van der Waals surface area contributed by atoms with Gasteiger partial charge in [0.1, 0.15) is 0 Å². The van der Waals surface area contributed by atoms with Crippen molar-refractivity contribution < 1.29 is 18.1 Å². The maximum atomic E-state index is 12.6. The molecular formula is C17H15N5O5S. The van der Waals surface area contributed by atoms with Crippen LogP contribution in [0.2, 0.25) is 0 Å². The van der Waals surface area contributed by atoms with Crippen LogP contribution in [0.25, 0.3) is 0 Å². The van der Waals surface area contributed by atoms with E-state index in [1.54, 1.807) is 31.4 Å². The number of non-ortho nitro benzene ring substituents is 1. The average molecular weight is 401 g/mol. The molecule has 144 valence electrons. The summed E-state index contributed by atoms with van der Waals surface area (Å²) in [5.74, 6) is -0.250. The lowest BCUT2D eigenvalue weighted by atomic mass is 10.1. The van der Waals surface area contributed by atoms with Gasteiger partial charge >= 0.3 is 0 Å². The number of nitro benzene ring substituents is 1. The van der Waals surface area contributed by atoms with E-state index in [0.717, 1.165) is 6.07 Å². The fraction of sp³-hybridized carbons (Fsp3) is 0.0588. The molecule has 3 aromatic rings. The van der Waals surface area contributed by atoms with E-state index < -0.39 is 20.9 Å². The second-order valence-electron chi connectivity index (χ2n) is 5.73. The van der Waals surface area contributed by atoms with Gasteiger partial charge in [-0.25, -0.2) is 8.42 Å². The molecule has 2 aromatic carbocycles. The summed E-state index contributed by atoms with van der Waals surface area (Å²) in [6.45, 7) is 0. The predicted molar refractivity (Wildman–Crippen MR) is 102 cm³/mol. The molecule has 1 amide bonds. The monoisotopic (exact) mass is 401 g/mol. The maximum Gasteiger partial charge on any atom is 0.270 e. The minimum absolute atomic E-state index is 0.0300. The molecule has 10 nitrogen and oxygen atoms in total. The second-order valence-corrected chi connectivity index (χ2v) is 7.42. The van der Waals surface area contributed by atoms with E-state index in [9.17, 15) is 23.3 Å². The predicted octanol–water partition coefficient (Wildman–Crippen LogP) is 2.38. The number of aryl methyl sites for hydroxylation is 1. The Kier molecular flexibility index (Phi) is 5.09. The number of sulfonamides is 1. The van der Waals surface area contributed by atoms with Crippen LogP contribution in [-0.2, 0) is 17.1 Å². The molecule has 2 N–H and O–H groups in total. The normalized spacial score (nSPS) is 11.0. The molecule has 11 heteroatoms. The lowest BCUT2D eigenvalue weighted by Crippen LogP contribution is -2.19. The molecule has 0 atom stereocenters. The number of nitrogens with one attached hydrogen (secondary N) is 2. The Morgan fingerprint density at radius 2 is 1.89 bits per heavy atom. The summed E-state index contributed by atoms with van der Waals surface area (Å²) in [7, 11) is -2.46. The summed E-state index contributed by atoms with van der Waals surface area (Å²) in [6.07, 6.45) is 1.65. The first-order valence-corrected chi connectivity index (χ1v) is 9.42. The number of benzene rings is 2. The largest absolute Gasteiger partial charge is 0.305 e. The summed E-state index contributed by atoms with van der Waals surface area (Å²) < 4.78 is 29.1. The number of aromatic nitrogens is 2. The number of carbonyl (C=O) groups is 1. The fourth-order valence-corrected chi connectivity index (χ4v) is 3.52. The molecule has 1 heterocycles. The van der Waals surface area contributed by atoms with Gasteiger partial charge in [-0.15, -0.1) is 0 Å². The molecule has 0 fully saturated rings. The summed E-state index contributed by atoms with van der Waals surface area (Å²) >= 11 is 0. The van der Waals surface area contributed by atoms with Crippen molar-refractivity contribution in [1.82, 2.24) is 9.78 Å². The summed E-state index contributed by atoms with van der Waals surface area (Å²) in [4.78, 5) is 22.4. The van der Waals surface area contributed by atoms with Crippen LogP contribution in [0.15, 0.2) is 65.7 Å². The van der Waals surface area contributed by atoms with Gasteiger partial charge in [0.15, 0.2) is 5.82 Å². The standard InChI is InChI=1S/C17H15N5O5S/c1-21-10-9-16(19-21)18-17(23)14-7-2-3-8-15(14)20-28(26,27)13-6-4-5-12(11-13)22(24)25/h2-11,20H,1H3,(H,18,19,23). The van der Waals surface area contributed by atoms with Crippen LogP contribution in [0, 0.1) is 10.1 Å². The molecule has 0 aliphatic heterocycles. The topological polar surface area (TPSA) is 136 Å². The minimum atomic E-state index is -4.15. The molecule has 0 aliphatic carbocycles. The van der Waals surface area contributed by atoms with E-state index in [0.29, 0.717) is 5.82 Å². The first-order chi connectivity index (χ1) is 13.3. The minimum Gasteiger partial charge on any atom is -0.305 e. The number of rotatable bonds is 6. The fourth-order valence-electron chi connectivity index (χ4n) is 2.40. The molecule has 0 unspecified atom stereocenters. The van der Waals surface area contributed by atoms with Crippen molar-refractivity contribution in [1.29, 1.82) is 0 Å². The van der Waals surface area contributed by atoms with Gasteiger partial charge in [-0.2, -0.15) is 5.10 Å². The van der Waals surface area contributed by atoms with Crippen LogP contribution in [0.4, 0.5) is 17.2 Å². The van der Waals surface area contributed by atoms with Crippen molar-refractivity contribution in [3.8, 4) is 0 Å². The number of anilines is 2. The van der Waals surface area contributed by atoms with E-state index in [1.807, 2.05) is 0 Å². The number of hydrogen-bond donors (Lipinski definition) is 2. The smallest absolute Gasteiger partial charge is 0.270 e. The number of para-hydroxylation sites is 1. The van der Waals surface area contributed by atoms with Gasteiger partial charge < -0.3 is 5.32 Å². The maximum absolute atomic E-state index is 12.6. The van der Waals surface area contributed by atoms with Crippen molar-refractivity contribution in [3.63, 3.8) is 0 Å². The Balaban J connectivity index is 1.89. The van der Waals surface area contributed by atoms with Crippen LogP contribution in [-0.4, -0.2) is 29.0 Å². The quantitative estimate of drug-likeness (QED) is 0.481. The molecule has 0 radical (unpaired) electrons. The van der Waals surface area contributed by atoms with Crippen molar-refractivity contribution >= 4 is 33.1 Å². The summed E-state index contributed by atoms with van der Waals surface area (Å²) in [6, 6.07) is 12.2. The Labute approximate surface area is 160 Å². The Hall–Kier alpha value is -3.73. The Bertz CT molecular complexity index is 1160. The highest BCUT2D eigenvalue weighted by atomic mass is 32.2. The Morgan fingerprint density at radius 3 is 2.57 bits per heavy atom. The molecule has 0 saturated carbocycles. The van der Waals surface area contributed by atoms with Crippen LogP contribution in [0.1, 0.15) is 10.4 Å². The molecule has 0 aliphatic rings. The molecule has 0 saturated heterocycles. The second kappa shape index (κ2) is 7.48. The zero-order chi connectivity index (χ0) is 20.3. The first kappa shape index (κ1) is 19.0.